The number of halogens is 1. The van der Waals surface area contributed by atoms with E-state index in [1.54, 1.807) is 11.5 Å². The maximum absolute atomic E-state index is 14.2. The molecule has 4 heteroatoms. The van der Waals surface area contributed by atoms with Crippen LogP contribution in [0.3, 0.4) is 0 Å². The number of nitrogens with zero attached hydrogens (tertiary/aromatic N) is 2. The molecule has 0 radical (unpaired) electrons. The molecule has 0 unspecified atom stereocenters. The summed E-state index contributed by atoms with van der Waals surface area (Å²) >= 11 is 0. The van der Waals surface area contributed by atoms with Crippen molar-refractivity contribution in [1.29, 1.82) is 5.26 Å². The van der Waals surface area contributed by atoms with Gasteiger partial charge in [-0.25, -0.2) is 4.39 Å². The highest BCUT2D eigenvalue weighted by atomic mass is 19.1. The largest absolute Gasteiger partial charge is 0.454 e. The molecule has 6 rings (SSSR count). The molecule has 178 valence electrons. The summed E-state index contributed by atoms with van der Waals surface area (Å²) in [6.07, 6.45) is 1.50. The van der Waals surface area contributed by atoms with E-state index in [0.717, 1.165) is 55.4 Å². The van der Waals surface area contributed by atoms with Crippen molar-refractivity contribution in [3.05, 3.63) is 114 Å². The van der Waals surface area contributed by atoms with Crippen LogP contribution in [-0.2, 0) is 7.05 Å². The van der Waals surface area contributed by atoms with E-state index in [1.807, 2.05) is 62.5 Å². The Bertz CT molecular complexity index is 1860. The highest BCUT2D eigenvalue weighted by molar-refractivity contribution is 6.14. The Morgan fingerprint density at radius 3 is 2.05 bits per heavy atom. The number of aryl methyl sites for hydroxylation is 3. The summed E-state index contributed by atoms with van der Waals surface area (Å²) in [5.74, 6) is -0.249. The van der Waals surface area contributed by atoms with Gasteiger partial charge >= 0.3 is 0 Å². The summed E-state index contributed by atoms with van der Waals surface area (Å²) in [5.41, 5.74) is 9.30. The van der Waals surface area contributed by atoms with Crippen LogP contribution < -0.4 is 4.57 Å². The van der Waals surface area contributed by atoms with Crippen LogP contribution in [0.1, 0.15) is 16.7 Å². The Balaban J connectivity index is 1.61. The fourth-order valence-corrected chi connectivity index (χ4v) is 5.13. The molecule has 0 spiro atoms. The van der Waals surface area contributed by atoms with Crippen LogP contribution in [0.4, 0.5) is 4.39 Å². The number of pyridine rings is 1. The normalized spacial score (nSPS) is 11.2. The zero-order valence-electron chi connectivity index (χ0n) is 20.8. The second kappa shape index (κ2) is 8.72. The number of aromatic nitrogens is 1. The van der Waals surface area contributed by atoms with Crippen LogP contribution in [0, 0.1) is 31.0 Å². The minimum Gasteiger partial charge on any atom is -0.454 e. The molecule has 0 saturated heterocycles. The van der Waals surface area contributed by atoms with E-state index in [2.05, 4.69) is 42.5 Å². The SMILES string of the molecule is Cc1cc(-c2c(C)ccc3c2oc2c(-c4ccc(-c5ccccc5)cc4)c(C#N)ccc23)[n+](C)cc1F. The van der Waals surface area contributed by atoms with Crippen LogP contribution in [0.15, 0.2) is 95.5 Å². The summed E-state index contributed by atoms with van der Waals surface area (Å²) in [6.45, 7) is 3.80. The van der Waals surface area contributed by atoms with Crippen LogP contribution in [0.5, 0.6) is 0 Å². The predicted molar refractivity (Wildman–Crippen MR) is 145 cm³/mol. The van der Waals surface area contributed by atoms with Gasteiger partial charge in [0.15, 0.2) is 5.82 Å². The van der Waals surface area contributed by atoms with Crippen molar-refractivity contribution in [3.8, 4) is 39.6 Å². The van der Waals surface area contributed by atoms with Gasteiger partial charge in [0.1, 0.15) is 18.2 Å². The monoisotopic (exact) mass is 483 g/mol. The first kappa shape index (κ1) is 22.7. The van der Waals surface area contributed by atoms with E-state index in [-0.39, 0.29) is 5.82 Å². The third kappa shape index (κ3) is 3.68. The molecule has 0 aliphatic heterocycles. The lowest BCUT2D eigenvalue weighted by atomic mass is 9.94. The Hall–Kier alpha value is -4.75. The Kier molecular flexibility index (Phi) is 5.35. The summed E-state index contributed by atoms with van der Waals surface area (Å²) in [7, 11) is 1.84. The highest BCUT2D eigenvalue weighted by Crippen LogP contribution is 2.42. The quantitative estimate of drug-likeness (QED) is 0.239. The average Bonchev–Trinajstić information content (AvgIpc) is 3.29. The molecule has 0 aliphatic rings. The van der Waals surface area contributed by atoms with Crippen molar-refractivity contribution in [1.82, 2.24) is 0 Å². The van der Waals surface area contributed by atoms with Gasteiger partial charge in [-0.05, 0) is 53.8 Å². The zero-order chi connectivity index (χ0) is 25.7. The molecule has 0 aliphatic carbocycles. The number of hydrogen-bond donors (Lipinski definition) is 0. The molecule has 6 aromatic rings. The minimum absolute atomic E-state index is 0.249. The van der Waals surface area contributed by atoms with Crippen LogP contribution in [0.25, 0.3) is 55.4 Å². The van der Waals surface area contributed by atoms with Crippen molar-refractivity contribution in [2.45, 2.75) is 13.8 Å². The van der Waals surface area contributed by atoms with Crippen molar-refractivity contribution in [2.75, 3.05) is 0 Å². The molecule has 2 aromatic heterocycles. The molecule has 0 N–H and O–H groups in total. The van der Waals surface area contributed by atoms with Gasteiger partial charge in [-0.1, -0.05) is 66.7 Å². The van der Waals surface area contributed by atoms with Gasteiger partial charge < -0.3 is 4.42 Å². The standard InChI is InChI=1S/C33H24FN2O/c1-20-9-15-26-27-16-14-25(18-35)31(24-12-10-23(11-13-24)22-7-5-4-6-8-22)33(27)37-32(26)30(20)29-17-21(2)28(34)19-36(29)3/h4-17,19H,1-3H3/q+1. The molecule has 0 atom stereocenters. The third-order valence-electron chi connectivity index (χ3n) is 7.09. The first-order chi connectivity index (χ1) is 18.0. The van der Waals surface area contributed by atoms with E-state index < -0.39 is 0 Å². The maximum atomic E-state index is 14.2. The molecular weight excluding hydrogens is 459 g/mol. The number of hydrogen-bond acceptors (Lipinski definition) is 2. The van der Waals surface area contributed by atoms with Gasteiger partial charge in [-0.2, -0.15) is 9.83 Å². The first-order valence-electron chi connectivity index (χ1n) is 12.2. The molecule has 0 saturated carbocycles. The summed E-state index contributed by atoms with van der Waals surface area (Å²) in [6, 6.07) is 30.6. The van der Waals surface area contributed by atoms with Gasteiger partial charge in [-0.3, -0.25) is 0 Å². The summed E-state index contributed by atoms with van der Waals surface area (Å²) < 4.78 is 22.7. The molecule has 3 nitrogen and oxygen atoms in total. The first-order valence-corrected chi connectivity index (χ1v) is 12.2. The third-order valence-corrected chi connectivity index (χ3v) is 7.09. The second-order valence-corrected chi connectivity index (χ2v) is 9.46. The Morgan fingerprint density at radius 1 is 0.730 bits per heavy atom. The van der Waals surface area contributed by atoms with Crippen molar-refractivity contribution in [2.24, 2.45) is 7.05 Å². The molecule has 0 fully saturated rings. The Labute approximate surface area is 214 Å². The number of rotatable bonds is 3. The molecular formula is C33H24FN2O+. The van der Waals surface area contributed by atoms with Crippen LogP contribution in [-0.4, -0.2) is 0 Å². The number of nitriles is 1. The van der Waals surface area contributed by atoms with Crippen molar-refractivity contribution >= 4 is 21.9 Å². The maximum Gasteiger partial charge on any atom is 0.216 e. The highest BCUT2D eigenvalue weighted by Gasteiger charge is 2.24. The predicted octanol–water partition coefficient (Wildman–Crippen LogP) is 8.04. The van der Waals surface area contributed by atoms with E-state index in [1.165, 1.54) is 6.20 Å². The van der Waals surface area contributed by atoms with Crippen molar-refractivity contribution in [3.63, 3.8) is 0 Å². The number of furan rings is 1. The summed E-state index contributed by atoms with van der Waals surface area (Å²) in [5, 5.41) is 11.9. The van der Waals surface area contributed by atoms with Gasteiger partial charge in [-0.15, -0.1) is 0 Å². The van der Waals surface area contributed by atoms with E-state index in [4.69, 9.17) is 4.42 Å². The Morgan fingerprint density at radius 2 is 1.35 bits per heavy atom. The lowest BCUT2D eigenvalue weighted by Gasteiger charge is -2.08. The van der Waals surface area contributed by atoms with Crippen molar-refractivity contribution < 1.29 is 13.4 Å². The fraction of sp³-hybridized carbons (Fsp3) is 0.0909. The van der Waals surface area contributed by atoms with Gasteiger partial charge in [0.2, 0.25) is 11.9 Å². The van der Waals surface area contributed by atoms with E-state index >= 15 is 0 Å². The van der Waals surface area contributed by atoms with Crippen LogP contribution >= 0.6 is 0 Å². The smallest absolute Gasteiger partial charge is 0.216 e. The van der Waals surface area contributed by atoms with E-state index in [9.17, 15) is 9.65 Å². The van der Waals surface area contributed by atoms with Crippen LogP contribution in [0.2, 0.25) is 0 Å². The average molecular weight is 484 g/mol. The molecule has 37 heavy (non-hydrogen) atoms. The lowest BCUT2D eigenvalue weighted by molar-refractivity contribution is -0.662. The molecule has 2 heterocycles. The minimum atomic E-state index is -0.249. The zero-order valence-corrected chi connectivity index (χ0v) is 20.8. The molecule has 0 bridgehead atoms. The van der Waals surface area contributed by atoms with Gasteiger partial charge in [0.25, 0.3) is 0 Å². The van der Waals surface area contributed by atoms with Gasteiger partial charge in [0.05, 0.1) is 17.2 Å². The number of benzene rings is 4. The lowest BCUT2D eigenvalue weighted by Crippen LogP contribution is -2.31. The topological polar surface area (TPSA) is 40.8 Å². The van der Waals surface area contributed by atoms with Gasteiger partial charge in [0, 0.05) is 22.4 Å². The number of fused-ring (bicyclic) bond motifs is 3. The molecule has 4 aromatic carbocycles. The van der Waals surface area contributed by atoms with E-state index in [0.29, 0.717) is 16.7 Å². The molecule has 0 amide bonds. The fourth-order valence-electron chi connectivity index (χ4n) is 5.13. The second-order valence-electron chi connectivity index (χ2n) is 9.46. The summed E-state index contributed by atoms with van der Waals surface area (Å²) in [4.78, 5) is 0.